The molecule has 2 aliphatic rings. The van der Waals surface area contributed by atoms with Gasteiger partial charge in [-0.05, 0) is 65.7 Å². The number of urea groups is 1. The third-order valence-electron chi connectivity index (χ3n) is 6.11. The third-order valence-corrected chi connectivity index (χ3v) is 7.12. The lowest BCUT2D eigenvalue weighted by Crippen LogP contribution is -2.44. The van der Waals surface area contributed by atoms with Crippen molar-refractivity contribution < 1.29 is 19.1 Å². The normalized spacial score (nSPS) is 17.2. The number of allylic oxidation sites excluding steroid dienone is 1. The Bertz CT molecular complexity index is 897. The van der Waals surface area contributed by atoms with Crippen molar-refractivity contribution in [2.75, 3.05) is 33.2 Å². The van der Waals surface area contributed by atoms with Gasteiger partial charge in [0.1, 0.15) is 17.8 Å². The second kappa shape index (κ2) is 11.8. The average Bonchev–Trinajstić information content (AvgIpc) is 3.28. The van der Waals surface area contributed by atoms with Gasteiger partial charge in [-0.3, -0.25) is 9.59 Å². The van der Waals surface area contributed by atoms with Gasteiger partial charge in [0.25, 0.3) is 5.91 Å². The van der Waals surface area contributed by atoms with Crippen molar-refractivity contribution in [1.82, 2.24) is 20.1 Å². The first-order valence-electron chi connectivity index (χ1n) is 12.3. The van der Waals surface area contributed by atoms with E-state index in [4.69, 9.17) is 4.74 Å². The first kappa shape index (κ1) is 26.2. The number of hydrogen-bond donors (Lipinski definition) is 1. The lowest BCUT2D eigenvalue weighted by molar-refractivity contribution is -0.155. The number of esters is 1. The first-order chi connectivity index (χ1) is 16.1. The van der Waals surface area contributed by atoms with Crippen molar-refractivity contribution in [3.63, 3.8) is 0 Å². The Morgan fingerprint density at radius 3 is 2.62 bits per heavy atom. The van der Waals surface area contributed by atoms with Crippen LogP contribution in [0.3, 0.4) is 0 Å². The first-order valence-corrected chi connectivity index (χ1v) is 13.1. The van der Waals surface area contributed by atoms with Crippen molar-refractivity contribution >= 4 is 29.2 Å². The molecular formula is C25H38N4O4S. The van der Waals surface area contributed by atoms with Crippen molar-refractivity contribution in [2.24, 2.45) is 0 Å². The number of thiazole rings is 1. The number of carbonyl (C=O) groups is 3. The van der Waals surface area contributed by atoms with E-state index in [0.717, 1.165) is 30.7 Å². The van der Waals surface area contributed by atoms with Crippen molar-refractivity contribution in [3.05, 3.63) is 27.7 Å². The van der Waals surface area contributed by atoms with Gasteiger partial charge in [0.2, 0.25) is 0 Å². The molecule has 0 unspecified atom stereocenters. The summed E-state index contributed by atoms with van der Waals surface area (Å²) in [5.74, 6) is -0.502. The van der Waals surface area contributed by atoms with Crippen LogP contribution in [-0.2, 0) is 9.53 Å². The monoisotopic (exact) mass is 490 g/mol. The predicted octanol–water partition coefficient (Wildman–Crippen LogP) is 4.34. The number of amides is 3. The lowest BCUT2D eigenvalue weighted by Gasteiger charge is -2.31. The van der Waals surface area contributed by atoms with E-state index in [-0.39, 0.29) is 24.4 Å². The SMILES string of the molecule is CN(CC(=O)OC(C)(C)C)C(=O)c1csc(C2CCN(C(=O)NCCC3=CCCCC3)CC2)n1. The molecule has 0 atom stereocenters. The molecular weight excluding hydrogens is 452 g/mol. The molecule has 1 aromatic heterocycles. The van der Waals surface area contributed by atoms with Gasteiger partial charge in [-0.25, -0.2) is 9.78 Å². The molecule has 3 rings (SSSR count). The molecule has 0 spiro atoms. The summed E-state index contributed by atoms with van der Waals surface area (Å²) < 4.78 is 5.29. The Balaban J connectivity index is 1.43. The number of ether oxygens (including phenoxy) is 1. The Labute approximate surface area is 206 Å². The smallest absolute Gasteiger partial charge is 0.326 e. The summed E-state index contributed by atoms with van der Waals surface area (Å²) in [7, 11) is 1.58. The number of aromatic nitrogens is 1. The van der Waals surface area contributed by atoms with Crippen LogP contribution >= 0.6 is 11.3 Å². The van der Waals surface area contributed by atoms with Gasteiger partial charge in [0.05, 0.1) is 5.01 Å². The maximum atomic E-state index is 12.7. The highest BCUT2D eigenvalue weighted by molar-refractivity contribution is 7.09. The Hall–Kier alpha value is -2.42. The second-order valence-electron chi connectivity index (χ2n) is 10.2. The molecule has 1 fully saturated rings. The van der Waals surface area contributed by atoms with E-state index in [0.29, 0.717) is 25.3 Å². The topological polar surface area (TPSA) is 91.8 Å². The standard InChI is InChI=1S/C25H38N4O4S/c1-25(2,3)33-21(30)16-28(4)23(31)20-17-34-22(27-20)19-11-14-29(15-12-19)24(32)26-13-10-18-8-6-5-7-9-18/h8,17,19H,5-7,9-16H2,1-4H3,(H,26,32). The largest absolute Gasteiger partial charge is 0.459 e. The molecule has 2 heterocycles. The fraction of sp³-hybridized carbons (Fsp3) is 0.680. The molecule has 1 aliphatic heterocycles. The maximum absolute atomic E-state index is 12.7. The minimum Gasteiger partial charge on any atom is -0.459 e. The van der Waals surface area contributed by atoms with Crippen LogP contribution in [-0.4, -0.2) is 71.5 Å². The van der Waals surface area contributed by atoms with Gasteiger partial charge in [-0.1, -0.05) is 11.6 Å². The highest BCUT2D eigenvalue weighted by Crippen LogP contribution is 2.30. The molecule has 0 bridgehead atoms. The highest BCUT2D eigenvalue weighted by Gasteiger charge is 2.27. The minimum absolute atomic E-state index is 0.00799. The summed E-state index contributed by atoms with van der Waals surface area (Å²) in [5.41, 5.74) is 1.23. The molecule has 3 amide bonds. The molecule has 1 aliphatic carbocycles. The zero-order valence-corrected chi connectivity index (χ0v) is 21.7. The van der Waals surface area contributed by atoms with Crippen LogP contribution in [0.5, 0.6) is 0 Å². The number of piperidine rings is 1. The molecule has 34 heavy (non-hydrogen) atoms. The summed E-state index contributed by atoms with van der Waals surface area (Å²) in [6.45, 7) is 7.32. The zero-order valence-electron chi connectivity index (χ0n) is 20.9. The maximum Gasteiger partial charge on any atom is 0.326 e. The van der Waals surface area contributed by atoms with Crippen LogP contribution in [0.1, 0.15) is 87.1 Å². The molecule has 9 heteroatoms. The Morgan fingerprint density at radius 1 is 1.24 bits per heavy atom. The second-order valence-corrected chi connectivity index (χ2v) is 11.1. The number of rotatable bonds is 7. The molecule has 1 saturated heterocycles. The lowest BCUT2D eigenvalue weighted by atomic mass is 9.97. The van der Waals surface area contributed by atoms with Crippen molar-refractivity contribution in [2.45, 2.75) is 77.2 Å². The van der Waals surface area contributed by atoms with Crippen LogP contribution in [0.2, 0.25) is 0 Å². The average molecular weight is 491 g/mol. The van der Waals surface area contributed by atoms with Crippen LogP contribution in [0, 0.1) is 0 Å². The number of hydrogen-bond acceptors (Lipinski definition) is 6. The number of nitrogens with one attached hydrogen (secondary N) is 1. The fourth-order valence-corrected chi connectivity index (χ4v) is 5.28. The minimum atomic E-state index is -0.590. The molecule has 0 saturated carbocycles. The predicted molar refractivity (Wildman–Crippen MR) is 133 cm³/mol. The van der Waals surface area contributed by atoms with Gasteiger partial charge in [0, 0.05) is 38.0 Å². The van der Waals surface area contributed by atoms with Gasteiger partial charge in [-0.15, -0.1) is 11.3 Å². The van der Waals surface area contributed by atoms with E-state index in [1.165, 1.54) is 41.1 Å². The van der Waals surface area contributed by atoms with Crippen molar-refractivity contribution in [3.8, 4) is 0 Å². The van der Waals surface area contributed by atoms with Crippen LogP contribution in [0.4, 0.5) is 4.79 Å². The van der Waals surface area contributed by atoms with Crippen LogP contribution in [0.25, 0.3) is 0 Å². The van der Waals surface area contributed by atoms with Gasteiger partial charge in [0.15, 0.2) is 0 Å². The molecule has 1 N–H and O–H groups in total. The summed E-state index contributed by atoms with van der Waals surface area (Å²) in [6.07, 6.45) is 9.79. The molecule has 0 aromatic carbocycles. The number of carbonyl (C=O) groups excluding carboxylic acids is 3. The number of nitrogens with zero attached hydrogens (tertiary/aromatic N) is 3. The number of likely N-dealkylation sites (tertiary alicyclic amines) is 1. The van der Waals surface area contributed by atoms with Crippen LogP contribution < -0.4 is 5.32 Å². The molecule has 188 valence electrons. The Kier molecular flexibility index (Phi) is 9.10. The summed E-state index contributed by atoms with van der Waals surface area (Å²) in [6, 6.07) is 0.00799. The number of likely N-dealkylation sites (N-methyl/N-ethyl adjacent to an activating group) is 1. The van der Waals surface area contributed by atoms with E-state index in [9.17, 15) is 14.4 Å². The van der Waals surface area contributed by atoms with E-state index in [1.807, 2.05) is 4.90 Å². The molecule has 8 nitrogen and oxygen atoms in total. The third kappa shape index (κ3) is 7.82. The Morgan fingerprint density at radius 2 is 1.97 bits per heavy atom. The van der Waals surface area contributed by atoms with E-state index < -0.39 is 11.6 Å². The van der Waals surface area contributed by atoms with Crippen LogP contribution in [0.15, 0.2) is 17.0 Å². The van der Waals surface area contributed by atoms with E-state index in [2.05, 4.69) is 16.4 Å². The zero-order chi connectivity index (χ0) is 24.7. The quantitative estimate of drug-likeness (QED) is 0.454. The fourth-order valence-electron chi connectivity index (χ4n) is 4.31. The summed E-state index contributed by atoms with van der Waals surface area (Å²) in [5, 5.41) is 5.73. The highest BCUT2D eigenvalue weighted by atomic mass is 32.1. The van der Waals surface area contributed by atoms with E-state index in [1.54, 1.807) is 33.2 Å². The molecule has 1 aromatic rings. The summed E-state index contributed by atoms with van der Waals surface area (Å²) in [4.78, 5) is 45.0. The van der Waals surface area contributed by atoms with Gasteiger partial charge >= 0.3 is 12.0 Å². The van der Waals surface area contributed by atoms with Gasteiger partial charge < -0.3 is 19.9 Å². The van der Waals surface area contributed by atoms with E-state index >= 15 is 0 Å². The summed E-state index contributed by atoms with van der Waals surface area (Å²) >= 11 is 1.47. The van der Waals surface area contributed by atoms with Gasteiger partial charge in [-0.2, -0.15) is 0 Å². The molecule has 0 radical (unpaired) electrons. The van der Waals surface area contributed by atoms with Crippen molar-refractivity contribution in [1.29, 1.82) is 0 Å².